The molecular formula is C14H19NO5S. The third kappa shape index (κ3) is 3.74. The van der Waals surface area contributed by atoms with Gasteiger partial charge in [-0.2, -0.15) is 0 Å². The minimum atomic E-state index is -3.47. The topological polar surface area (TPSA) is 95.7 Å². The lowest BCUT2D eigenvalue weighted by atomic mass is 10.2. The maximum absolute atomic E-state index is 12.4. The normalized spacial score (nSPS) is 18.6. The average molecular weight is 313 g/mol. The summed E-state index contributed by atoms with van der Waals surface area (Å²) in [6.45, 7) is 2.93. The lowest BCUT2D eigenvalue weighted by Gasteiger charge is -2.11. The van der Waals surface area contributed by atoms with Crippen molar-refractivity contribution in [2.45, 2.75) is 18.2 Å². The summed E-state index contributed by atoms with van der Waals surface area (Å²) < 4.78 is 34.8. The quantitative estimate of drug-likeness (QED) is 0.649. The van der Waals surface area contributed by atoms with Gasteiger partial charge in [0, 0.05) is 12.3 Å². The van der Waals surface area contributed by atoms with Crippen LogP contribution in [0.4, 0.5) is 5.69 Å². The van der Waals surface area contributed by atoms with Gasteiger partial charge in [-0.05, 0) is 37.5 Å². The van der Waals surface area contributed by atoms with E-state index < -0.39 is 15.8 Å². The molecule has 116 valence electrons. The first-order valence-electron chi connectivity index (χ1n) is 6.81. The van der Waals surface area contributed by atoms with Crippen LogP contribution in [0.3, 0.4) is 0 Å². The molecule has 21 heavy (non-hydrogen) atoms. The van der Waals surface area contributed by atoms with Crippen LogP contribution in [0.1, 0.15) is 23.7 Å². The molecule has 1 aliphatic rings. The van der Waals surface area contributed by atoms with E-state index in [2.05, 4.69) is 0 Å². The van der Waals surface area contributed by atoms with E-state index in [1.165, 1.54) is 18.2 Å². The van der Waals surface area contributed by atoms with E-state index in [0.29, 0.717) is 13.2 Å². The highest BCUT2D eigenvalue weighted by molar-refractivity contribution is 7.91. The number of anilines is 1. The summed E-state index contributed by atoms with van der Waals surface area (Å²) in [4.78, 5) is 11.9. The molecule has 0 amide bonds. The maximum Gasteiger partial charge on any atom is 0.340 e. The van der Waals surface area contributed by atoms with Gasteiger partial charge in [-0.25, -0.2) is 13.2 Å². The zero-order valence-electron chi connectivity index (χ0n) is 11.9. The van der Waals surface area contributed by atoms with Gasteiger partial charge in [0.25, 0.3) is 0 Å². The van der Waals surface area contributed by atoms with E-state index in [0.717, 1.165) is 6.42 Å². The number of nitrogens with two attached hydrogens (primary N) is 1. The fourth-order valence-corrected chi connectivity index (χ4v) is 3.88. The molecule has 1 fully saturated rings. The second-order valence-electron chi connectivity index (χ2n) is 4.98. The first-order chi connectivity index (χ1) is 9.94. The van der Waals surface area contributed by atoms with Gasteiger partial charge in [0.05, 0.1) is 29.4 Å². The van der Waals surface area contributed by atoms with Crippen molar-refractivity contribution in [2.24, 2.45) is 5.92 Å². The molecule has 0 bridgehead atoms. The van der Waals surface area contributed by atoms with Crippen molar-refractivity contribution in [3.63, 3.8) is 0 Å². The van der Waals surface area contributed by atoms with Gasteiger partial charge in [-0.1, -0.05) is 0 Å². The highest BCUT2D eigenvalue weighted by Crippen LogP contribution is 2.23. The summed E-state index contributed by atoms with van der Waals surface area (Å²) in [6.07, 6.45) is 0.735. The predicted octanol–water partition coefficient (Wildman–Crippen LogP) is 1.26. The molecule has 1 aromatic rings. The number of benzene rings is 1. The Hall–Kier alpha value is -1.60. The monoisotopic (exact) mass is 313 g/mol. The van der Waals surface area contributed by atoms with Gasteiger partial charge >= 0.3 is 5.97 Å². The summed E-state index contributed by atoms with van der Waals surface area (Å²) in [7, 11) is -3.47. The summed E-state index contributed by atoms with van der Waals surface area (Å²) in [5.74, 6) is -0.603. The Kier molecular flexibility index (Phi) is 4.84. The van der Waals surface area contributed by atoms with Crippen molar-refractivity contribution in [3.8, 4) is 0 Å². The predicted molar refractivity (Wildman–Crippen MR) is 77.8 cm³/mol. The lowest BCUT2D eigenvalue weighted by molar-refractivity contribution is 0.0527. The van der Waals surface area contributed by atoms with Gasteiger partial charge in [0.2, 0.25) is 0 Å². The molecule has 0 radical (unpaired) electrons. The van der Waals surface area contributed by atoms with Crippen LogP contribution >= 0.6 is 0 Å². The molecule has 0 spiro atoms. The van der Waals surface area contributed by atoms with Crippen molar-refractivity contribution in [1.29, 1.82) is 0 Å². The molecule has 2 rings (SSSR count). The molecule has 1 unspecified atom stereocenters. The number of carbonyl (C=O) groups excluding carboxylic acids is 1. The molecule has 1 saturated heterocycles. The van der Waals surface area contributed by atoms with E-state index >= 15 is 0 Å². The first kappa shape index (κ1) is 15.8. The smallest absolute Gasteiger partial charge is 0.340 e. The number of ether oxygens (including phenoxy) is 2. The van der Waals surface area contributed by atoms with Crippen LogP contribution in [0.15, 0.2) is 23.1 Å². The Bertz CT molecular complexity index is 620. The Balaban J connectivity index is 2.26. The van der Waals surface area contributed by atoms with Crippen molar-refractivity contribution >= 4 is 21.5 Å². The summed E-state index contributed by atoms with van der Waals surface area (Å²) in [6, 6.07) is 4.13. The van der Waals surface area contributed by atoms with Crippen molar-refractivity contribution in [3.05, 3.63) is 23.8 Å². The van der Waals surface area contributed by atoms with E-state index in [-0.39, 0.29) is 34.4 Å². The molecule has 0 aromatic heterocycles. The Morgan fingerprint density at radius 1 is 1.48 bits per heavy atom. The zero-order valence-corrected chi connectivity index (χ0v) is 12.7. The number of rotatable bonds is 5. The minimum Gasteiger partial charge on any atom is -0.462 e. The highest BCUT2D eigenvalue weighted by atomic mass is 32.2. The molecule has 0 aliphatic carbocycles. The maximum atomic E-state index is 12.4. The molecular weight excluding hydrogens is 294 g/mol. The van der Waals surface area contributed by atoms with Gasteiger partial charge in [0.15, 0.2) is 9.84 Å². The molecule has 1 aromatic carbocycles. The van der Waals surface area contributed by atoms with E-state index in [4.69, 9.17) is 15.2 Å². The van der Waals surface area contributed by atoms with E-state index in [9.17, 15) is 13.2 Å². The molecule has 1 aliphatic heterocycles. The summed E-state index contributed by atoms with van der Waals surface area (Å²) in [5.41, 5.74) is 6.00. The second-order valence-corrected chi connectivity index (χ2v) is 7.01. The second kappa shape index (κ2) is 6.44. The Morgan fingerprint density at radius 2 is 2.24 bits per heavy atom. The average Bonchev–Trinajstić information content (AvgIpc) is 2.91. The molecule has 0 saturated carbocycles. The standard InChI is InChI=1S/C14H19NO5S/c1-2-20-14(16)12-7-11(3-4-13(12)15)21(17,18)9-10-5-6-19-8-10/h3-4,7,10H,2,5-6,8-9,15H2,1H3. The van der Waals surface area contributed by atoms with Gasteiger partial charge in [0.1, 0.15) is 0 Å². The number of esters is 1. The largest absolute Gasteiger partial charge is 0.462 e. The lowest BCUT2D eigenvalue weighted by Crippen LogP contribution is -2.17. The van der Waals surface area contributed by atoms with Crippen LogP contribution in [-0.4, -0.2) is 40.0 Å². The summed E-state index contributed by atoms with van der Waals surface area (Å²) >= 11 is 0. The van der Waals surface area contributed by atoms with Crippen molar-refractivity contribution < 1.29 is 22.7 Å². The number of sulfone groups is 1. The highest BCUT2D eigenvalue weighted by Gasteiger charge is 2.26. The third-order valence-electron chi connectivity index (χ3n) is 3.36. The molecule has 6 nitrogen and oxygen atoms in total. The third-order valence-corrected chi connectivity index (χ3v) is 5.24. The Labute approximate surface area is 124 Å². The van der Waals surface area contributed by atoms with Crippen LogP contribution in [0.2, 0.25) is 0 Å². The molecule has 1 heterocycles. The molecule has 7 heteroatoms. The van der Waals surface area contributed by atoms with Gasteiger partial charge < -0.3 is 15.2 Å². The number of carbonyl (C=O) groups is 1. The molecule has 1 atom stereocenters. The summed E-state index contributed by atoms with van der Waals surface area (Å²) in [5, 5.41) is 0. The fraction of sp³-hybridized carbons (Fsp3) is 0.500. The van der Waals surface area contributed by atoms with E-state index in [1.807, 2.05) is 0 Å². The fourth-order valence-electron chi connectivity index (χ4n) is 2.24. The van der Waals surface area contributed by atoms with Crippen molar-refractivity contribution in [2.75, 3.05) is 31.3 Å². The van der Waals surface area contributed by atoms with Gasteiger partial charge in [-0.3, -0.25) is 0 Å². The Morgan fingerprint density at radius 3 is 2.86 bits per heavy atom. The minimum absolute atomic E-state index is 0.00130. The number of hydrogen-bond donors (Lipinski definition) is 1. The first-order valence-corrected chi connectivity index (χ1v) is 8.46. The zero-order chi connectivity index (χ0) is 15.5. The van der Waals surface area contributed by atoms with Gasteiger partial charge in [-0.15, -0.1) is 0 Å². The van der Waals surface area contributed by atoms with Crippen LogP contribution in [0.25, 0.3) is 0 Å². The van der Waals surface area contributed by atoms with E-state index in [1.54, 1.807) is 6.92 Å². The van der Waals surface area contributed by atoms with Crippen molar-refractivity contribution in [1.82, 2.24) is 0 Å². The van der Waals surface area contributed by atoms with Crippen LogP contribution in [0, 0.1) is 5.92 Å². The number of nitrogen functional groups attached to an aromatic ring is 1. The van der Waals surface area contributed by atoms with Crippen LogP contribution < -0.4 is 5.73 Å². The SMILES string of the molecule is CCOC(=O)c1cc(S(=O)(=O)CC2CCOC2)ccc1N. The van der Waals surface area contributed by atoms with Crippen LogP contribution in [-0.2, 0) is 19.3 Å². The van der Waals surface area contributed by atoms with Crippen LogP contribution in [0.5, 0.6) is 0 Å². The number of hydrogen-bond acceptors (Lipinski definition) is 6. The molecule has 2 N–H and O–H groups in total.